The van der Waals surface area contributed by atoms with Crippen molar-refractivity contribution in [2.24, 2.45) is 5.92 Å². The van der Waals surface area contributed by atoms with E-state index in [9.17, 15) is 4.79 Å². The Morgan fingerprint density at radius 1 is 1.10 bits per heavy atom. The van der Waals surface area contributed by atoms with E-state index in [-0.39, 0.29) is 5.92 Å². The molecular formula is C25H27N3OS. The first-order valence-corrected chi connectivity index (χ1v) is 11.7. The molecular weight excluding hydrogens is 390 g/mol. The molecule has 1 amide bonds. The van der Waals surface area contributed by atoms with Crippen LogP contribution < -0.4 is 10.2 Å². The maximum Gasteiger partial charge on any atom is 0.230 e. The first kappa shape index (κ1) is 19.3. The largest absolute Gasteiger partial charge is 0.332 e. The molecule has 0 bridgehead atoms. The summed E-state index contributed by atoms with van der Waals surface area (Å²) >= 11 is 1.67. The number of nitrogens with zero attached hydrogens (tertiary/aromatic N) is 2. The van der Waals surface area contributed by atoms with Gasteiger partial charge in [-0.05, 0) is 56.0 Å². The molecule has 0 unspecified atom stereocenters. The van der Waals surface area contributed by atoms with Crippen LogP contribution in [-0.4, -0.2) is 17.4 Å². The maximum atomic E-state index is 13.1. The molecule has 30 heavy (non-hydrogen) atoms. The van der Waals surface area contributed by atoms with Crippen molar-refractivity contribution >= 4 is 33.8 Å². The number of thiazole rings is 1. The number of anilines is 3. The monoisotopic (exact) mass is 417 g/mol. The number of nitrogens with one attached hydrogen (secondary N) is 1. The standard InChI is InChI=1S/C25H27N3OS/c1-17-23(27-25(30-17)26-21-10-6-3-7-11-21)20-12-13-22-19(16-20)14-15-28(22)24(29)18-8-4-2-5-9-18/h3,6-7,10-13,16,18H,2,4-5,8-9,14-15H2,1H3,(H,26,27). The normalized spacial score (nSPS) is 16.5. The van der Waals surface area contributed by atoms with Crippen LogP contribution in [0.4, 0.5) is 16.5 Å². The Bertz CT molecular complexity index is 1050. The summed E-state index contributed by atoms with van der Waals surface area (Å²) in [5, 5.41) is 4.31. The van der Waals surface area contributed by atoms with E-state index >= 15 is 0 Å². The Morgan fingerprint density at radius 2 is 1.90 bits per heavy atom. The van der Waals surface area contributed by atoms with Crippen LogP contribution in [-0.2, 0) is 11.2 Å². The van der Waals surface area contributed by atoms with Crippen LogP contribution in [0.1, 0.15) is 42.5 Å². The molecule has 154 valence electrons. The van der Waals surface area contributed by atoms with Crippen molar-refractivity contribution in [1.82, 2.24) is 4.98 Å². The van der Waals surface area contributed by atoms with Gasteiger partial charge in [-0.1, -0.05) is 43.5 Å². The zero-order valence-electron chi connectivity index (χ0n) is 17.4. The highest BCUT2D eigenvalue weighted by Crippen LogP contribution is 2.37. The molecule has 1 fully saturated rings. The van der Waals surface area contributed by atoms with Crippen LogP contribution in [0.2, 0.25) is 0 Å². The second kappa shape index (κ2) is 8.23. The van der Waals surface area contributed by atoms with Gasteiger partial charge in [0.05, 0.1) is 5.69 Å². The van der Waals surface area contributed by atoms with Crippen molar-refractivity contribution in [2.75, 3.05) is 16.8 Å². The number of hydrogen-bond acceptors (Lipinski definition) is 4. The van der Waals surface area contributed by atoms with E-state index in [4.69, 9.17) is 4.98 Å². The van der Waals surface area contributed by atoms with Gasteiger partial charge in [0.1, 0.15) is 0 Å². The predicted molar refractivity (Wildman–Crippen MR) is 125 cm³/mol. The second-order valence-electron chi connectivity index (χ2n) is 8.33. The van der Waals surface area contributed by atoms with E-state index in [1.54, 1.807) is 11.3 Å². The Balaban J connectivity index is 1.37. The first-order chi connectivity index (χ1) is 14.7. The van der Waals surface area contributed by atoms with Crippen LogP contribution >= 0.6 is 11.3 Å². The van der Waals surface area contributed by atoms with Gasteiger partial charge in [-0.3, -0.25) is 4.79 Å². The zero-order valence-corrected chi connectivity index (χ0v) is 18.2. The summed E-state index contributed by atoms with van der Waals surface area (Å²) in [5.41, 5.74) is 5.57. The number of carbonyl (C=O) groups is 1. The number of amides is 1. The molecule has 1 aliphatic heterocycles. The Hall–Kier alpha value is -2.66. The van der Waals surface area contributed by atoms with Gasteiger partial charge in [-0.25, -0.2) is 4.98 Å². The van der Waals surface area contributed by atoms with Crippen molar-refractivity contribution in [2.45, 2.75) is 45.4 Å². The van der Waals surface area contributed by atoms with Gasteiger partial charge < -0.3 is 10.2 Å². The molecule has 3 aromatic rings. The van der Waals surface area contributed by atoms with Crippen LogP contribution in [0.15, 0.2) is 48.5 Å². The third kappa shape index (κ3) is 3.74. The maximum absolute atomic E-state index is 13.1. The minimum atomic E-state index is 0.219. The van der Waals surface area contributed by atoms with E-state index in [0.29, 0.717) is 5.91 Å². The van der Waals surface area contributed by atoms with E-state index in [1.165, 1.54) is 29.7 Å². The fraction of sp³-hybridized carbons (Fsp3) is 0.360. The van der Waals surface area contributed by atoms with Crippen LogP contribution in [0.3, 0.4) is 0 Å². The highest BCUT2D eigenvalue weighted by Gasteiger charge is 2.31. The van der Waals surface area contributed by atoms with Crippen LogP contribution in [0.25, 0.3) is 11.3 Å². The molecule has 1 saturated carbocycles. The number of rotatable bonds is 4. The fourth-order valence-electron chi connectivity index (χ4n) is 4.71. The summed E-state index contributed by atoms with van der Waals surface area (Å²) in [6.07, 6.45) is 6.70. The summed E-state index contributed by atoms with van der Waals surface area (Å²) in [6.45, 7) is 2.93. The lowest BCUT2D eigenvalue weighted by Gasteiger charge is -2.26. The van der Waals surface area contributed by atoms with E-state index in [1.807, 2.05) is 35.2 Å². The third-order valence-corrected chi connectivity index (χ3v) is 7.18. The third-order valence-electron chi connectivity index (χ3n) is 6.29. The minimum Gasteiger partial charge on any atom is -0.332 e. The smallest absolute Gasteiger partial charge is 0.230 e. The van der Waals surface area contributed by atoms with Gasteiger partial charge in [-0.2, -0.15) is 0 Å². The van der Waals surface area contributed by atoms with Gasteiger partial charge in [0.15, 0.2) is 5.13 Å². The summed E-state index contributed by atoms with van der Waals surface area (Å²) in [5.74, 6) is 0.553. The molecule has 1 aliphatic carbocycles. The lowest BCUT2D eigenvalue weighted by molar-refractivity contribution is -0.123. The second-order valence-corrected chi connectivity index (χ2v) is 9.54. The lowest BCUT2D eigenvalue weighted by atomic mass is 9.88. The fourth-order valence-corrected chi connectivity index (χ4v) is 5.57. The molecule has 2 aromatic carbocycles. The number of para-hydroxylation sites is 1. The zero-order chi connectivity index (χ0) is 20.5. The topological polar surface area (TPSA) is 45.2 Å². The molecule has 0 radical (unpaired) electrons. The SMILES string of the molecule is Cc1sc(Nc2ccccc2)nc1-c1ccc2c(c1)CCN2C(=O)C1CCCCC1. The van der Waals surface area contributed by atoms with E-state index < -0.39 is 0 Å². The predicted octanol–water partition coefficient (Wildman–Crippen LogP) is 6.33. The summed E-state index contributed by atoms with van der Waals surface area (Å²) in [7, 11) is 0. The van der Waals surface area contributed by atoms with Gasteiger partial charge in [0.2, 0.25) is 5.91 Å². The Morgan fingerprint density at radius 3 is 2.70 bits per heavy atom. The highest BCUT2D eigenvalue weighted by molar-refractivity contribution is 7.16. The van der Waals surface area contributed by atoms with Crippen LogP contribution in [0.5, 0.6) is 0 Å². The number of hydrogen-bond donors (Lipinski definition) is 1. The molecule has 5 rings (SSSR count). The summed E-state index contributed by atoms with van der Waals surface area (Å²) in [6, 6.07) is 16.6. The molecule has 0 atom stereocenters. The molecule has 1 aromatic heterocycles. The van der Waals surface area contributed by atoms with Crippen molar-refractivity contribution in [3.05, 3.63) is 59.0 Å². The number of carbonyl (C=O) groups excluding carboxylic acids is 1. The minimum absolute atomic E-state index is 0.219. The van der Waals surface area contributed by atoms with Crippen molar-refractivity contribution in [3.63, 3.8) is 0 Å². The van der Waals surface area contributed by atoms with Crippen molar-refractivity contribution < 1.29 is 4.79 Å². The van der Waals surface area contributed by atoms with Gasteiger partial charge in [0, 0.05) is 34.3 Å². The molecule has 5 heteroatoms. The Labute approximate surface area is 182 Å². The van der Waals surface area contributed by atoms with Gasteiger partial charge >= 0.3 is 0 Å². The highest BCUT2D eigenvalue weighted by atomic mass is 32.1. The number of fused-ring (bicyclic) bond motifs is 1. The molecule has 1 N–H and O–H groups in total. The molecule has 2 heterocycles. The first-order valence-electron chi connectivity index (χ1n) is 10.9. The number of benzene rings is 2. The van der Waals surface area contributed by atoms with E-state index in [2.05, 4.69) is 30.4 Å². The molecule has 0 saturated heterocycles. The van der Waals surface area contributed by atoms with Crippen LogP contribution in [0, 0.1) is 12.8 Å². The molecule has 0 spiro atoms. The summed E-state index contributed by atoms with van der Waals surface area (Å²) < 4.78 is 0. The molecule has 2 aliphatic rings. The van der Waals surface area contributed by atoms with Gasteiger partial charge in [-0.15, -0.1) is 11.3 Å². The van der Waals surface area contributed by atoms with E-state index in [0.717, 1.165) is 53.6 Å². The van der Waals surface area contributed by atoms with Gasteiger partial charge in [0.25, 0.3) is 0 Å². The Kier molecular flexibility index (Phi) is 5.30. The quantitative estimate of drug-likeness (QED) is 0.539. The summed E-state index contributed by atoms with van der Waals surface area (Å²) in [4.78, 5) is 21.1. The number of aryl methyl sites for hydroxylation is 1. The average molecular weight is 418 g/mol. The van der Waals surface area contributed by atoms with Crippen molar-refractivity contribution in [3.8, 4) is 11.3 Å². The lowest BCUT2D eigenvalue weighted by Crippen LogP contribution is -2.35. The molecule has 4 nitrogen and oxygen atoms in total. The average Bonchev–Trinajstić information content (AvgIpc) is 3.37. The number of aromatic nitrogens is 1. The van der Waals surface area contributed by atoms with Crippen molar-refractivity contribution in [1.29, 1.82) is 0 Å².